The number of carbonyl (C=O) groups excluding carboxylic acids is 1. The number of carbonyl (C=O) groups is 1. The normalized spacial score (nSPS) is 22.2. The summed E-state index contributed by atoms with van der Waals surface area (Å²) in [5.41, 5.74) is 2.23. The minimum Gasteiger partial charge on any atom is -0.325 e. The minimum atomic E-state index is 0.0476. The first-order valence-corrected chi connectivity index (χ1v) is 7.85. The smallest absolute Gasteiger partial charge is 0.228 e. The van der Waals surface area contributed by atoms with Crippen LogP contribution in [0.5, 0.6) is 0 Å². The summed E-state index contributed by atoms with van der Waals surface area (Å²) >= 11 is 0. The number of nitrogens with one attached hydrogen (secondary N) is 1. The lowest BCUT2D eigenvalue weighted by Crippen LogP contribution is -2.17. The molecule has 1 aliphatic rings. The van der Waals surface area contributed by atoms with E-state index in [2.05, 4.69) is 57.3 Å². The van der Waals surface area contributed by atoms with Crippen molar-refractivity contribution < 1.29 is 4.79 Å². The molecule has 114 valence electrons. The highest BCUT2D eigenvalue weighted by Crippen LogP contribution is 2.59. The Balaban J connectivity index is 1.84. The second kappa shape index (κ2) is 5.28. The van der Waals surface area contributed by atoms with E-state index in [0.717, 1.165) is 16.5 Å². The zero-order chi connectivity index (χ0) is 15.9. The Hall–Kier alpha value is -2.09. The summed E-state index contributed by atoms with van der Waals surface area (Å²) < 4.78 is 0. The van der Waals surface area contributed by atoms with E-state index in [1.54, 1.807) is 0 Å². The maximum atomic E-state index is 12.7. The van der Waals surface area contributed by atoms with Gasteiger partial charge in [-0.3, -0.25) is 4.79 Å². The summed E-state index contributed by atoms with van der Waals surface area (Å²) in [5, 5.41) is 5.38. The first-order valence-electron chi connectivity index (χ1n) is 7.85. The molecule has 2 heteroatoms. The highest BCUT2D eigenvalue weighted by molar-refractivity contribution is 6.04. The van der Waals surface area contributed by atoms with Gasteiger partial charge < -0.3 is 5.32 Å². The van der Waals surface area contributed by atoms with Crippen molar-refractivity contribution in [3.8, 4) is 0 Å². The molecule has 1 saturated carbocycles. The van der Waals surface area contributed by atoms with Crippen molar-refractivity contribution in [1.82, 2.24) is 0 Å². The van der Waals surface area contributed by atoms with E-state index in [0.29, 0.717) is 5.92 Å². The van der Waals surface area contributed by atoms with Crippen LogP contribution in [0.4, 0.5) is 5.69 Å². The van der Waals surface area contributed by atoms with E-state index >= 15 is 0 Å². The molecule has 2 atom stereocenters. The molecule has 2 unspecified atom stereocenters. The van der Waals surface area contributed by atoms with Crippen molar-refractivity contribution in [2.24, 2.45) is 17.3 Å². The van der Waals surface area contributed by atoms with Crippen molar-refractivity contribution >= 4 is 22.4 Å². The van der Waals surface area contributed by atoms with Gasteiger partial charge in [-0.25, -0.2) is 0 Å². The molecule has 22 heavy (non-hydrogen) atoms. The SMILES string of the molecule is CC(C)=CC1C(C(=O)Nc2cccc3ccccc23)C1(C)C. The van der Waals surface area contributed by atoms with Crippen LogP contribution in [0.25, 0.3) is 10.8 Å². The molecule has 0 radical (unpaired) electrons. The topological polar surface area (TPSA) is 29.1 Å². The average molecular weight is 293 g/mol. The molecule has 0 bridgehead atoms. The van der Waals surface area contributed by atoms with E-state index < -0.39 is 0 Å². The third-order valence-corrected chi connectivity index (χ3v) is 4.75. The zero-order valence-corrected chi connectivity index (χ0v) is 13.7. The van der Waals surface area contributed by atoms with Crippen molar-refractivity contribution in [2.75, 3.05) is 5.32 Å². The van der Waals surface area contributed by atoms with Gasteiger partial charge in [0.2, 0.25) is 5.91 Å². The standard InChI is InChI=1S/C20H23NO/c1-13(2)12-16-18(20(16,3)4)19(22)21-17-11-7-9-14-8-5-6-10-15(14)17/h5-12,16,18H,1-4H3,(H,21,22). The van der Waals surface area contributed by atoms with Gasteiger partial charge >= 0.3 is 0 Å². The Kier molecular flexibility index (Phi) is 3.56. The molecule has 2 nitrogen and oxygen atoms in total. The van der Waals surface area contributed by atoms with Gasteiger partial charge in [-0.1, -0.05) is 61.9 Å². The largest absolute Gasteiger partial charge is 0.325 e. The molecule has 1 N–H and O–H groups in total. The van der Waals surface area contributed by atoms with Gasteiger partial charge in [-0.05, 0) is 36.6 Å². The molecule has 2 aromatic rings. The van der Waals surface area contributed by atoms with Crippen LogP contribution in [0.15, 0.2) is 54.1 Å². The Morgan fingerprint density at radius 1 is 1.09 bits per heavy atom. The predicted molar refractivity (Wildman–Crippen MR) is 92.8 cm³/mol. The molecule has 0 spiro atoms. The summed E-state index contributed by atoms with van der Waals surface area (Å²) in [6.07, 6.45) is 2.23. The van der Waals surface area contributed by atoms with Crippen LogP contribution >= 0.6 is 0 Å². The van der Waals surface area contributed by atoms with Gasteiger partial charge in [-0.2, -0.15) is 0 Å². The molecular weight excluding hydrogens is 270 g/mol. The first kappa shape index (κ1) is 14.8. The molecule has 3 rings (SSSR count). The third kappa shape index (κ3) is 2.54. The average Bonchev–Trinajstić information content (AvgIpc) is 2.99. The minimum absolute atomic E-state index is 0.0476. The number of hydrogen-bond acceptors (Lipinski definition) is 1. The lowest BCUT2D eigenvalue weighted by atomic mass is 10.1. The number of amides is 1. The monoisotopic (exact) mass is 293 g/mol. The van der Waals surface area contributed by atoms with Crippen molar-refractivity contribution in [3.05, 3.63) is 54.1 Å². The molecule has 2 aromatic carbocycles. The molecule has 0 saturated heterocycles. The Morgan fingerprint density at radius 2 is 1.77 bits per heavy atom. The number of rotatable bonds is 3. The Bertz CT molecular complexity index is 748. The summed E-state index contributed by atoms with van der Waals surface area (Å²) in [5.74, 6) is 0.526. The van der Waals surface area contributed by atoms with Gasteiger partial charge in [0.05, 0.1) is 5.92 Å². The van der Waals surface area contributed by atoms with Crippen LogP contribution in [-0.4, -0.2) is 5.91 Å². The van der Waals surface area contributed by atoms with Crippen LogP contribution in [0.2, 0.25) is 0 Å². The van der Waals surface area contributed by atoms with Crippen LogP contribution in [-0.2, 0) is 4.79 Å². The van der Waals surface area contributed by atoms with Gasteiger partial charge in [0, 0.05) is 11.1 Å². The van der Waals surface area contributed by atoms with Crippen LogP contribution < -0.4 is 5.32 Å². The third-order valence-electron chi connectivity index (χ3n) is 4.75. The van der Waals surface area contributed by atoms with Gasteiger partial charge in [0.25, 0.3) is 0 Å². The maximum Gasteiger partial charge on any atom is 0.228 e. The molecular formula is C20H23NO. The first-order chi connectivity index (χ1) is 10.4. The summed E-state index contributed by atoms with van der Waals surface area (Å²) in [6.45, 7) is 8.52. The molecule has 1 fully saturated rings. The van der Waals surface area contributed by atoms with E-state index in [1.807, 2.05) is 24.3 Å². The van der Waals surface area contributed by atoms with Crippen molar-refractivity contribution in [3.63, 3.8) is 0 Å². The van der Waals surface area contributed by atoms with Crippen molar-refractivity contribution in [2.45, 2.75) is 27.7 Å². The molecule has 0 aliphatic heterocycles. The fraction of sp³-hybridized carbons (Fsp3) is 0.350. The number of hydrogen-bond donors (Lipinski definition) is 1. The molecule has 1 aliphatic carbocycles. The van der Waals surface area contributed by atoms with Crippen LogP contribution in [0, 0.1) is 17.3 Å². The molecule has 0 aromatic heterocycles. The second-order valence-corrected chi connectivity index (χ2v) is 7.08. The van der Waals surface area contributed by atoms with E-state index in [4.69, 9.17) is 0 Å². The molecule has 1 amide bonds. The van der Waals surface area contributed by atoms with E-state index in [1.165, 1.54) is 5.57 Å². The zero-order valence-electron chi connectivity index (χ0n) is 13.7. The van der Waals surface area contributed by atoms with E-state index in [9.17, 15) is 4.79 Å². The summed E-state index contributed by atoms with van der Waals surface area (Å²) in [4.78, 5) is 12.7. The van der Waals surface area contributed by atoms with Gasteiger partial charge in [0.1, 0.15) is 0 Å². The van der Waals surface area contributed by atoms with Gasteiger partial charge in [-0.15, -0.1) is 0 Å². The van der Waals surface area contributed by atoms with Gasteiger partial charge in [0.15, 0.2) is 0 Å². The Labute approximate surface area is 132 Å². The lowest BCUT2D eigenvalue weighted by molar-refractivity contribution is -0.118. The van der Waals surface area contributed by atoms with Crippen molar-refractivity contribution in [1.29, 1.82) is 0 Å². The fourth-order valence-electron chi connectivity index (χ4n) is 3.39. The highest BCUT2D eigenvalue weighted by Gasteiger charge is 2.60. The summed E-state index contributed by atoms with van der Waals surface area (Å²) in [6, 6.07) is 14.2. The fourth-order valence-corrected chi connectivity index (χ4v) is 3.39. The lowest BCUT2D eigenvalue weighted by Gasteiger charge is -2.09. The number of anilines is 1. The van der Waals surface area contributed by atoms with E-state index in [-0.39, 0.29) is 17.2 Å². The summed E-state index contributed by atoms with van der Waals surface area (Å²) in [7, 11) is 0. The number of benzene rings is 2. The van der Waals surface area contributed by atoms with Crippen LogP contribution in [0.1, 0.15) is 27.7 Å². The highest BCUT2D eigenvalue weighted by atomic mass is 16.2. The second-order valence-electron chi connectivity index (χ2n) is 7.08. The quantitative estimate of drug-likeness (QED) is 0.791. The number of fused-ring (bicyclic) bond motifs is 1. The predicted octanol–water partition coefficient (Wildman–Crippen LogP) is 5.02. The van der Waals surface area contributed by atoms with Crippen LogP contribution in [0.3, 0.4) is 0 Å². The molecule has 0 heterocycles. The Morgan fingerprint density at radius 3 is 2.50 bits per heavy atom. The maximum absolute atomic E-state index is 12.7. The number of allylic oxidation sites excluding steroid dienone is 2.